The lowest BCUT2D eigenvalue weighted by atomic mass is 9.60. The second kappa shape index (κ2) is 5.35. The van der Waals surface area contributed by atoms with E-state index in [0.29, 0.717) is 23.1 Å². The van der Waals surface area contributed by atoms with Gasteiger partial charge in [0.2, 0.25) is 5.91 Å². The molecule has 2 atom stereocenters. The minimum Gasteiger partial charge on any atom is -0.342 e. The summed E-state index contributed by atoms with van der Waals surface area (Å²) in [5, 5.41) is 0. The summed E-state index contributed by atoms with van der Waals surface area (Å²) in [4.78, 5) is 42.6. The number of fused-ring (bicyclic) bond motifs is 2. The van der Waals surface area contributed by atoms with Gasteiger partial charge in [0, 0.05) is 24.3 Å². The van der Waals surface area contributed by atoms with E-state index in [-0.39, 0.29) is 12.3 Å². The van der Waals surface area contributed by atoms with Crippen LogP contribution < -0.4 is 11.2 Å². The van der Waals surface area contributed by atoms with Crippen molar-refractivity contribution in [2.75, 3.05) is 13.1 Å². The van der Waals surface area contributed by atoms with Crippen LogP contribution in [0.5, 0.6) is 0 Å². The molecule has 1 aromatic heterocycles. The maximum absolute atomic E-state index is 12.7. The molecule has 3 aliphatic carbocycles. The van der Waals surface area contributed by atoms with Crippen molar-refractivity contribution in [1.29, 1.82) is 0 Å². The molecule has 0 radical (unpaired) electrons. The Kier molecular flexibility index (Phi) is 3.43. The van der Waals surface area contributed by atoms with Crippen LogP contribution >= 0.6 is 0 Å². The molecule has 1 aliphatic heterocycles. The highest BCUT2D eigenvalue weighted by Gasteiger charge is 2.48. The number of H-pyrrole nitrogens is 2. The van der Waals surface area contributed by atoms with Crippen LogP contribution in [0.1, 0.15) is 36.9 Å². The Bertz CT molecular complexity index is 722. The SMILES string of the molecule is Cc1[nH]c(=O)[nH]c(=O)c1CC(=O)N1C[C@@H]2C3CCC(CC3)[C@@H]2C1. The zero-order chi connectivity index (χ0) is 16.1. The molecule has 2 bridgehead atoms. The van der Waals surface area contributed by atoms with E-state index in [1.54, 1.807) is 6.92 Å². The van der Waals surface area contributed by atoms with Crippen LogP contribution in [0.2, 0.25) is 0 Å². The van der Waals surface area contributed by atoms with Crippen molar-refractivity contribution in [1.82, 2.24) is 14.9 Å². The molecule has 124 valence electrons. The number of hydrogen-bond donors (Lipinski definition) is 2. The minimum atomic E-state index is -0.521. The number of aromatic amines is 2. The third kappa shape index (κ3) is 2.44. The molecule has 1 saturated heterocycles. The number of hydrogen-bond acceptors (Lipinski definition) is 3. The number of rotatable bonds is 2. The Morgan fingerprint density at radius 2 is 1.61 bits per heavy atom. The van der Waals surface area contributed by atoms with Gasteiger partial charge in [0.1, 0.15) is 0 Å². The average Bonchev–Trinajstić information content (AvgIpc) is 2.99. The first-order valence-corrected chi connectivity index (χ1v) is 8.63. The van der Waals surface area contributed by atoms with Gasteiger partial charge in [-0.25, -0.2) is 4.79 Å². The van der Waals surface area contributed by atoms with Crippen LogP contribution in [0.15, 0.2) is 9.59 Å². The van der Waals surface area contributed by atoms with E-state index in [0.717, 1.165) is 24.9 Å². The number of aromatic nitrogens is 2. The monoisotopic (exact) mass is 317 g/mol. The fourth-order valence-electron chi connectivity index (χ4n) is 5.16. The number of nitrogens with one attached hydrogen (secondary N) is 2. The number of nitrogens with zero attached hydrogens (tertiary/aromatic N) is 1. The minimum absolute atomic E-state index is 0.0134. The Morgan fingerprint density at radius 3 is 2.13 bits per heavy atom. The van der Waals surface area contributed by atoms with Crippen molar-refractivity contribution in [2.45, 2.75) is 39.0 Å². The maximum atomic E-state index is 12.7. The topological polar surface area (TPSA) is 86.0 Å². The van der Waals surface area contributed by atoms with E-state index in [1.807, 2.05) is 4.90 Å². The smallest absolute Gasteiger partial charge is 0.325 e. The van der Waals surface area contributed by atoms with Gasteiger partial charge in [0.05, 0.1) is 6.42 Å². The molecule has 4 aliphatic rings. The molecule has 1 aromatic rings. The van der Waals surface area contributed by atoms with Crippen LogP contribution in [-0.2, 0) is 11.2 Å². The van der Waals surface area contributed by atoms with Crippen molar-refractivity contribution in [2.24, 2.45) is 23.7 Å². The van der Waals surface area contributed by atoms with Crippen LogP contribution in [0.25, 0.3) is 0 Å². The molecule has 0 aromatic carbocycles. The van der Waals surface area contributed by atoms with Gasteiger partial charge in [0.15, 0.2) is 0 Å². The van der Waals surface area contributed by atoms with Crippen molar-refractivity contribution < 1.29 is 4.79 Å². The van der Waals surface area contributed by atoms with E-state index in [2.05, 4.69) is 9.97 Å². The maximum Gasteiger partial charge on any atom is 0.325 e. The predicted octanol–water partition coefficient (Wildman–Crippen LogP) is 0.809. The van der Waals surface area contributed by atoms with Gasteiger partial charge in [-0.15, -0.1) is 0 Å². The summed E-state index contributed by atoms with van der Waals surface area (Å²) >= 11 is 0. The van der Waals surface area contributed by atoms with Gasteiger partial charge in [-0.3, -0.25) is 14.6 Å². The Morgan fingerprint density at radius 1 is 1.04 bits per heavy atom. The number of amides is 1. The zero-order valence-corrected chi connectivity index (χ0v) is 13.4. The number of carbonyl (C=O) groups excluding carboxylic acids is 1. The molecule has 2 N–H and O–H groups in total. The van der Waals surface area contributed by atoms with E-state index in [4.69, 9.17) is 0 Å². The summed E-state index contributed by atoms with van der Waals surface area (Å²) in [6.45, 7) is 3.37. The highest BCUT2D eigenvalue weighted by atomic mass is 16.2. The lowest BCUT2D eigenvalue weighted by Crippen LogP contribution is -2.38. The summed E-state index contributed by atoms with van der Waals surface area (Å²) in [6, 6.07) is 0. The number of aryl methyl sites for hydroxylation is 1. The van der Waals surface area contributed by atoms with Gasteiger partial charge in [-0.1, -0.05) is 0 Å². The van der Waals surface area contributed by atoms with E-state index in [1.165, 1.54) is 25.7 Å². The first kappa shape index (κ1) is 14.7. The molecule has 0 spiro atoms. The van der Waals surface area contributed by atoms with Crippen LogP contribution in [-0.4, -0.2) is 33.9 Å². The zero-order valence-electron chi connectivity index (χ0n) is 13.4. The van der Waals surface area contributed by atoms with E-state index in [9.17, 15) is 14.4 Å². The standard InChI is InChI=1S/C17H23N3O3/c1-9-12(16(22)19-17(23)18-9)6-15(21)20-7-13-10-2-3-11(5-4-10)14(13)8-20/h10-11,13-14H,2-8H2,1H3,(H2,18,19,22,23)/t10?,11?,13-,14+. The fourth-order valence-corrected chi connectivity index (χ4v) is 5.16. The Balaban J connectivity index is 1.51. The van der Waals surface area contributed by atoms with Gasteiger partial charge in [-0.05, 0) is 56.3 Å². The third-order valence-electron chi connectivity index (χ3n) is 6.38. The summed E-state index contributed by atoms with van der Waals surface area (Å²) in [7, 11) is 0. The molecule has 4 fully saturated rings. The molecule has 23 heavy (non-hydrogen) atoms. The van der Waals surface area contributed by atoms with E-state index >= 15 is 0 Å². The van der Waals surface area contributed by atoms with Crippen molar-refractivity contribution in [3.8, 4) is 0 Å². The highest BCUT2D eigenvalue weighted by Crippen LogP contribution is 2.51. The summed E-state index contributed by atoms with van der Waals surface area (Å²) in [6.07, 6.45) is 5.38. The van der Waals surface area contributed by atoms with Gasteiger partial charge < -0.3 is 9.88 Å². The normalized spacial score (nSPS) is 32.1. The van der Waals surface area contributed by atoms with Crippen LogP contribution in [0.3, 0.4) is 0 Å². The van der Waals surface area contributed by atoms with Crippen molar-refractivity contribution >= 4 is 5.91 Å². The Hall–Kier alpha value is -1.85. The molecule has 3 saturated carbocycles. The molecular weight excluding hydrogens is 294 g/mol. The fraction of sp³-hybridized carbons (Fsp3) is 0.706. The predicted molar refractivity (Wildman–Crippen MR) is 85.1 cm³/mol. The summed E-state index contributed by atoms with van der Waals surface area (Å²) in [5.41, 5.74) is -0.0972. The van der Waals surface area contributed by atoms with E-state index < -0.39 is 11.2 Å². The molecule has 6 heteroatoms. The van der Waals surface area contributed by atoms with Gasteiger partial charge in [-0.2, -0.15) is 0 Å². The summed E-state index contributed by atoms with van der Waals surface area (Å²) < 4.78 is 0. The highest BCUT2D eigenvalue weighted by molar-refractivity contribution is 5.79. The molecule has 2 heterocycles. The largest absolute Gasteiger partial charge is 0.342 e. The van der Waals surface area contributed by atoms with Gasteiger partial charge >= 0.3 is 5.69 Å². The quantitative estimate of drug-likeness (QED) is 0.846. The van der Waals surface area contributed by atoms with Crippen LogP contribution in [0.4, 0.5) is 0 Å². The molecular formula is C17H23N3O3. The second-order valence-corrected chi connectivity index (χ2v) is 7.49. The van der Waals surface area contributed by atoms with Crippen molar-refractivity contribution in [3.05, 3.63) is 32.1 Å². The van der Waals surface area contributed by atoms with Crippen LogP contribution in [0, 0.1) is 30.6 Å². The first-order valence-electron chi connectivity index (χ1n) is 8.63. The Labute approximate surface area is 134 Å². The number of likely N-dealkylation sites (tertiary alicyclic amines) is 1. The lowest BCUT2D eigenvalue weighted by molar-refractivity contribution is -0.129. The molecule has 1 amide bonds. The summed E-state index contributed by atoms with van der Waals surface area (Å²) in [5.74, 6) is 2.93. The second-order valence-electron chi connectivity index (χ2n) is 7.49. The molecule has 5 rings (SSSR count). The van der Waals surface area contributed by atoms with Gasteiger partial charge in [0.25, 0.3) is 5.56 Å². The first-order chi connectivity index (χ1) is 11.0. The third-order valence-corrected chi connectivity index (χ3v) is 6.38. The average molecular weight is 317 g/mol. The number of carbonyl (C=O) groups is 1. The molecule has 6 nitrogen and oxygen atoms in total. The van der Waals surface area contributed by atoms with Crippen molar-refractivity contribution in [3.63, 3.8) is 0 Å². The molecule has 0 unspecified atom stereocenters. The lowest BCUT2D eigenvalue weighted by Gasteiger charge is -2.44.